The molecule has 0 radical (unpaired) electrons. The van der Waals surface area contributed by atoms with E-state index in [-0.39, 0.29) is 6.10 Å². The number of aromatic nitrogens is 3. The van der Waals surface area contributed by atoms with Crippen molar-refractivity contribution in [1.82, 2.24) is 19.7 Å². The largest absolute Gasteiger partial charge is 0.489 e. The molecular formula is C15H19ClN4O. The van der Waals surface area contributed by atoms with Gasteiger partial charge in [0.05, 0.1) is 11.6 Å². The molecule has 5 nitrogen and oxygen atoms in total. The van der Waals surface area contributed by atoms with E-state index in [1.807, 2.05) is 28.9 Å². The van der Waals surface area contributed by atoms with Gasteiger partial charge in [0.1, 0.15) is 24.5 Å². The second-order valence-corrected chi connectivity index (χ2v) is 5.66. The number of nitrogens with zero attached hydrogens (tertiary/aromatic N) is 4. The average molecular weight is 307 g/mol. The monoisotopic (exact) mass is 306 g/mol. The van der Waals surface area contributed by atoms with Crippen molar-refractivity contribution in [2.45, 2.75) is 25.5 Å². The smallest absolute Gasteiger partial charge is 0.138 e. The van der Waals surface area contributed by atoms with Crippen LogP contribution in [-0.4, -0.2) is 45.4 Å². The molecule has 1 saturated heterocycles. The number of hydrogen-bond acceptors (Lipinski definition) is 4. The molecule has 21 heavy (non-hydrogen) atoms. The van der Waals surface area contributed by atoms with Crippen LogP contribution in [0, 0.1) is 0 Å². The first-order chi connectivity index (χ1) is 10.3. The maximum Gasteiger partial charge on any atom is 0.138 e. The lowest BCUT2D eigenvalue weighted by molar-refractivity contribution is 0.0980. The molecule has 0 unspecified atom stereocenters. The third-order valence-electron chi connectivity index (χ3n) is 3.78. The van der Waals surface area contributed by atoms with E-state index in [0.29, 0.717) is 5.02 Å². The van der Waals surface area contributed by atoms with Crippen molar-refractivity contribution >= 4 is 11.6 Å². The summed E-state index contributed by atoms with van der Waals surface area (Å²) in [5.74, 6) is 0.792. The molecule has 1 fully saturated rings. The first-order valence-electron chi connectivity index (χ1n) is 7.27. The molecule has 0 amide bonds. The minimum Gasteiger partial charge on any atom is -0.489 e. The minimum atomic E-state index is 0.257. The van der Waals surface area contributed by atoms with Crippen LogP contribution in [0.5, 0.6) is 5.75 Å². The first kappa shape index (κ1) is 14.4. The summed E-state index contributed by atoms with van der Waals surface area (Å²) in [6.45, 7) is 3.98. The molecule has 1 aliphatic rings. The van der Waals surface area contributed by atoms with Gasteiger partial charge in [-0.05, 0) is 25.0 Å². The number of para-hydroxylation sites is 1. The lowest BCUT2D eigenvalue weighted by Gasteiger charge is -2.32. The van der Waals surface area contributed by atoms with Gasteiger partial charge in [0.15, 0.2) is 0 Å². The lowest BCUT2D eigenvalue weighted by Crippen LogP contribution is -2.39. The van der Waals surface area contributed by atoms with Crippen molar-refractivity contribution in [3.63, 3.8) is 0 Å². The van der Waals surface area contributed by atoms with Crippen molar-refractivity contribution in [2.75, 3.05) is 19.6 Å². The van der Waals surface area contributed by atoms with Crippen LogP contribution in [0.25, 0.3) is 0 Å². The molecule has 0 aliphatic carbocycles. The molecular weight excluding hydrogens is 288 g/mol. The van der Waals surface area contributed by atoms with Crippen molar-refractivity contribution in [1.29, 1.82) is 0 Å². The summed E-state index contributed by atoms with van der Waals surface area (Å²) in [5.41, 5.74) is 0. The molecule has 0 N–H and O–H groups in total. The van der Waals surface area contributed by atoms with E-state index in [1.54, 1.807) is 12.7 Å². The molecule has 0 bridgehead atoms. The molecule has 112 valence electrons. The van der Waals surface area contributed by atoms with Crippen molar-refractivity contribution in [2.24, 2.45) is 0 Å². The zero-order chi connectivity index (χ0) is 14.5. The molecule has 1 aromatic carbocycles. The van der Waals surface area contributed by atoms with Gasteiger partial charge in [-0.1, -0.05) is 23.7 Å². The highest BCUT2D eigenvalue weighted by molar-refractivity contribution is 6.32. The standard InChI is InChI=1S/C15H19ClN4O/c16-14-3-1-2-4-15(14)21-13-5-7-19(8-6-13)9-10-20-12-17-11-18-20/h1-4,11-13H,5-10H2. The second kappa shape index (κ2) is 6.91. The van der Waals surface area contributed by atoms with Crippen LogP contribution in [0.4, 0.5) is 0 Å². The fourth-order valence-electron chi connectivity index (χ4n) is 2.56. The number of benzene rings is 1. The molecule has 2 heterocycles. The van der Waals surface area contributed by atoms with E-state index in [4.69, 9.17) is 16.3 Å². The van der Waals surface area contributed by atoms with Gasteiger partial charge in [0, 0.05) is 19.6 Å². The quantitative estimate of drug-likeness (QED) is 0.851. The van der Waals surface area contributed by atoms with Gasteiger partial charge in [-0.15, -0.1) is 0 Å². The second-order valence-electron chi connectivity index (χ2n) is 5.25. The van der Waals surface area contributed by atoms with Crippen molar-refractivity contribution < 1.29 is 4.74 Å². The molecule has 0 spiro atoms. The van der Waals surface area contributed by atoms with E-state index in [9.17, 15) is 0 Å². The van der Waals surface area contributed by atoms with Crippen molar-refractivity contribution in [3.05, 3.63) is 41.9 Å². The van der Waals surface area contributed by atoms with Gasteiger partial charge >= 0.3 is 0 Å². The van der Waals surface area contributed by atoms with Gasteiger partial charge in [-0.25, -0.2) is 4.98 Å². The molecule has 0 saturated carbocycles. The topological polar surface area (TPSA) is 43.2 Å². The average Bonchev–Trinajstić information content (AvgIpc) is 3.02. The normalized spacial score (nSPS) is 17.0. The number of likely N-dealkylation sites (tertiary alicyclic amines) is 1. The molecule has 6 heteroatoms. The molecule has 1 aromatic heterocycles. The molecule has 3 rings (SSSR count). The molecule has 2 aromatic rings. The fourth-order valence-corrected chi connectivity index (χ4v) is 2.74. The maximum absolute atomic E-state index is 6.13. The van der Waals surface area contributed by atoms with E-state index in [0.717, 1.165) is 44.8 Å². The number of ether oxygens (including phenoxy) is 1. The van der Waals surface area contributed by atoms with Crippen LogP contribution < -0.4 is 4.74 Å². The Balaban J connectivity index is 1.44. The summed E-state index contributed by atoms with van der Waals surface area (Å²) in [7, 11) is 0. The van der Waals surface area contributed by atoms with E-state index in [1.165, 1.54) is 0 Å². The number of rotatable bonds is 5. The summed E-state index contributed by atoms with van der Waals surface area (Å²) >= 11 is 6.13. The summed E-state index contributed by atoms with van der Waals surface area (Å²) in [4.78, 5) is 6.39. The predicted molar refractivity (Wildman–Crippen MR) is 81.6 cm³/mol. The SMILES string of the molecule is Clc1ccccc1OC1CCN(CCn2cncn2)CC1. The van der Waals surface area contributed by atoms with Gasteiger partial charge in [-0.2, -0.15) is 5.10 Å². The summed E-state index contributed by atoms with van der Waals surface area (Å²) in [6.07, 6.45) is 5.65. The Hall–Kier alpha value is -1.59. The van der Waals surface area contributed by atoms with Crippen LogP contribution in [0.15, 0.2) is 36.9 Å². The summed E-state index contributed by atoms with van der Waals surface area (Å²) in [6, 6.07) is 7.67. The Morgan fingerprint density at radius 2 is 2.00 bits per heavy atom. The van der Waals surface area contributed by atoms with Gasteiger partial charge in [0.25, 0.3) is 0 Å². The Kier molecular flexibility index (Phi) is 4.72. The zero-order valence-corrected chi connectivity index (χ0v) is 12.6. The maximum atomic E-state index is 6.13. The van der Waals surface area contributed by atoms with Crippen LogP contribution in [0.2, 0.25) is 5.02 Å². The number of piperidine rings is 1. The highest BCUT2D eigenvalue weighted by atomic mass is 35.5. The minimum absolute atomic E-state index is 0.257. The summed E-state index contributed by atoms with van der Waals surface area (Å²) < 4.78 is 7.87. The Labute approximate surface area is 129 Å². The van der Waals surface area contributed by atoms with Crippen LogP contribution in [0.3, 0.4) is 0 Å². The summed E-state index contributed by atoms with van der Waals surface area (Å²) in [5, 5.41) is 4.81. The zero-order valence-electron chi connectivity index (χ0n) is 11.9. The van der Waals surface area contributed by atoms with Crippen LogP contribution in [-0.2, 0) is 6.54 Å². The lowest BCUT2D eigenvalue weighted by atomic mass is 10.1. The third kappa shape index (κ3) is 3.95. The Morgan fingerprint density at radius 1 is 1.19 bits per heavy atom. The number of hydrogen-bond donors (Lipinski definition) is 0. The fraction of sp³-hybridized carbons (Fsp3) is 0.467. The van der Waals surface area contributed by atoms with Crippen LogP contribution >= 0.6 is 11.6 Å². The Morgan fingerprint density at radius 3 is 2.71 bits per heavy atom. The van der Waals surface area contributed by atoms with Crippen molar-refractivity contribution in [3.8, 4) is 5.75 Å². The molecule has 0 atom stereocenters. The number of halogens is 1. The van der Waals surface area contributed by atoms with Gasteiger partial charge < -0.3 is 9.64 Å². The van der Waals surface area contributed by atoms with Gasteiger partial charge in [0.2, 0.25) is 0 Å². The van der Waals surface area contributed by atoms with E-state index in [2.05, 4.69) is 15.0 Å². The van der Waals surface area contributed by atoms with E-state index >= 15 is 0 Å². The highest BCUT2D eigenvalue weighted by Gasteiger charge is 2.20. The third-order valence-corrected chi connectivity index (χ3v) is 4.09. The van der Waals surface area contributed by atoms with E-state index < -0.39 is 0 Å². The Bertz CT molecular complexity index is 553. The highest BCUT2D eigenvalue weighted by Crippen LogP contribution is 2.26. The van der Waals surface area contributed by atoms with Crippen LogP contribution in [0.1, 0.15) is 12.8 Å². The predicted octanol–water partition coefficient (Wildman–Crippen LogP) is 2.47. The first-order valence-corrected chi connectivity index (χ1v) is 7.65. The van der Waals surface area contributed by atoms with Gasteiger partial charge in [-0.3, -0.25) is 4.68 Å². The molecule has 1 aliphatic heterocycles.